The maximum Gasteiger partial charge on any atom is 0.228 e. The summed E-state index contributed by atoms with van der Waals surface area (Å²) in [5, 5.41) is 13.4. The summed E-state index contributed by atoms with van der Waals surface area (Å²) in [6.07, 6.45) is 1.78. The number of nitriles is 1. The van der Waals surface area contributed by atoms with Gasteiger partial charge in [0, 0.05) is 23.0 Å². The maximum absolute atomic E-state index is 9.06. The third-order valence-electron chi connectivity index (χ3n) is 4.50. The lowest BCUT2D eigenvalue weighted by molar-refractivity contribution is 0.467. The largest absolute Gasteiger partial charge is 0.436 e. The van der Waals surface area contributed by atoms with Gasteiger partial charge in [-0.2, -0.15) is 5.26 Å². The first-order valence-electron chi connectivity index (χ1n) is 8.81. The molecule has 0 aliphatic carbocycles. The van der Waals surface area contributed by atoms with Crippen molar-refractivity contribution in [1.29, 1.82) is 5.26 Å². The van der Waals surface area contributed by atoms with Crippen molar-refractivity contribution in [3.05, 3.63) is 83.9 Å². The van der Waals surface area contributed by atoms with Crippen LogP contribution in [0.4, 0.5) is 17.1 Å². The predicted molar refractivity (Wildman–Crippen MR) is 110 cm³/mol. The van der Waals surface area contributed by atoms with Gasteiger partial charge in [-0.3, -0.25) is 4.99 Å². The molecule has 0 unspecified atom stereocenters. The molecule has 0 saturated carbocycles. The molecule has 5 heteroatoms. The smallest absolute Gasteiger partial charge is 0.228 e. The van der Waals surface area contributed by atoms with E-state index in [0.29, 0.717) is 17.2 Å². The van der Waals surface area contributed by atoms with Gasteiger partial charge in [0.2, 0.25) is 5.88 Å². The lowest BCUT2D eigenvalue weighted by Gasteiger charge is -2.10. The van der Waals surface area contributed by atoms with Gasteiger partial charge in [-0.15, -0.1) is 0 Å². The van der Waals surface area contributed by atoms with Gasteiger partial charge in [-0.05, 0) is 54.6 Å². The van der Waals surface area contributed by atoms with E-state index in [1.165, 1.54) is 0 Å². The van der Waals surface area contributed by atoms with Gasteiger partial charge in [-0.25, -0.2) is 4.98 Å². The number of hydrogen-bond acceptors (Lipinski definition) is 5. The monoisotopic (exact) mass is 362 g/mol. The Labute approximate surface area is 161 Å². The van der Waals surface area contributed by atoms with E-state index in [4.69, 9.17) is 10.00 Å². The van der Waals surface area contributed by atoms with Gasteiger partial charge in [0.15, 0.2) is 5.75 Å². The molecule has 5 rings (SSSR count). The molecule has 3 aromatic carbocycles. The number of hydrogen-bond donors (Lipinski definition) is 1. The molecule has 28 heavy (non-hydrogen) atoms. The van der Waals surface area contributed by atoms with E-state index in [2.05, 4.69) is 21.4 Å². The van der Waals surface area contributed by atoms with E-state index in [0.717, 1.165) is 33.5 Å². The summed E-state index contributed by atoms with van der Waals surface area (Å²) >= 11 is 0. The van der Waals surface area contributed by atoms with Gasteiger partial charge < -0.3 is 10.1 Å². The summed E-state index contributed by atoms with van der Waals surface area (Å²) in [6.45, 7) is 0. The van der Waals surface area contributed by atoms with Crippen molar-refractivity contribution in [3.8, 4) is 17.7 Å². The Kier molecular flexibility index (Phi) is 3.74. The second kappa shape index (κ2) is 6.53. The third kappa shape index (κ3) is 2.93. The maximum atomic E-state index is 9.06. The lowest BCUT2D eigenvalue weighted by atomic mass is 10.1. The van der Waals surface area contributed by atoms with Gasteiger partial charge in [0.25, 0.3) is 0 Å². The molecule has 4 aromatic rings. The first kappa shape index (κ1) is 16.0. The van der Waals surface area contributed by atoms with Crippen LogP contribution in [0.3, 0.4) is 0 Å². The molecule has 1 aliphatic heterocycles. The summed E-state index contributed by atoms with van der Waals surface area (Å²) in [5.41, 5.74) is 4.84. The Bertz CT molecular complexity index is 1290. The van der Waals surface area contributed by atoms with Crippen molar-refractivity contribution < 1.29 is 4.74 Å². The quantitative estimate of drug-likeness (QED) is 0.437. The molecule has 0 amide bonds. The highest BCUT2D eigenvalue weighted by Crippen LogP contribution is 2.36. The number of para-hydroxylation sites is 2. The first-order valence-corrected chi connectivity index (χ1v) is 8.81. The van der Waals surface area contributed by atoms with Crippen molar-refractivity contribution >= 4 is 34.2 Å². The molecule has 132 valence electrons. The van der Waals surface area contributed by atoms with Crippen LogP contribution in [0.15, 0.2) is 77.8 Å². The van der Waals surface area contributed by atoms with Gasteiger partial charge in [-0.1, -0.05) is 18.2 Å². The first-order chi connectivity index (χ1) is 13.8. The van der Waals surface area contributed by atoms with Crippen molar-refractivity contribution in [2.24, 2.45) is 4.99 Å². The summed E-state index contributed by atoms with van der Waals surface area (Å²) in [4.78, 5) is 9.17. The van der Waals surface area contributed by atoms with E-state index >= 15 is 0 Å². The number of benzene rings is 3. The Morgan fingerprint density at radius 2 is 1.79 bits per heavy atom. The van der Waals surface area contributed by atoms with E-state index in [1.807, 2.05) is 66.7 Å². The molecule has 0 saturated heterocycles. The molecular weight excluding hydrogens is 348 g/mol. The minimum absolute atomic E-state index is 0.545. The second-order valence-electron chi connectivity index (χ2n) is 6.44. The molecule has 1 aliphatic rings. The highest BCUT2D eigenvalue weighted by Gasteiger charge is 2.14. The fraction of sp³-hybridized carbons (Fsp3) is 0. The number of aliphatic imine (C=N–C) groups is 1. The number of ether oxygens (including phenoxy) is 1. The average Bonchev–Trinajstić information content (AvgIpc) is 2.91. The Morgan fingerprint density at radius 1 is 0.893 bits per heavy atom. The van der Waals surface area contributed by atoms with Gasteiger partial charge in [0.05, 0.1) is 22.7 Å². The molecule has 0 radical (unpaired) electrons. The van der Waals surface area contributed by atoms with Crippen LogP contribution in [0, 0.1) is 11.3 Å². The van der Waals surface area contributed by atoms with Gasteiger partial charge >= 0.3 is 0 Å². The topological polar surface area (TPSA) is 70.3 Å². The molecule has 0 bridgehead atoms. The zero-order valence-corrected chi connectivity index (χ0v) is 14.8. The van der Waals surface area contributed by atoms with E-state index in [1.54, 1.807) is 12.3 Å². The minimum atomic E-state index is 0.545. The number of aromatic nitrogens is 1. The van der Waals surface area contributed by atoms with Crippen LogP contribution in [0.5, 0.6) is 11.6 Å². The molecule has 1 aromatic heterocycles. The standard InChI is InChI=1S/C23H14N4O/c24-13-15-4-3-5-18(10-15)26-19-8-9-20-16(12-19)11-17-14-25-21-6-1-2-7-22(21)28-23(17)27-20/h1-12,14,26H. The normalized spacial score (nSPS) is 11.7. The highest BCUT2D eigenvalue weighted by atomic mass is 16.5. The fourth-order valence-electron chi connectivity index (χ4n) is 3.15. The molecule has 0 spiro atoms. The molecule has 5 nitrogen and oxygen atoms in total. The van der Waals surface area contributed by atoms with Crippen molar-refractivity contribution in [1.82, 2.24) is 4.98 Å². The number of pyridine rings is 1. The second-order valence-corrected chi connectivity index (χ2v) is 6.44. The number of nitrogens with zero attached hydrogens (tertiary/aromatic N) is 3. The molecular formula is C23H14N4O. The fourth-order valence-corrected chi connectivity index (χ4v) is 3.15. The van der Waals surface area contributed by atoms with E-state index in [-0.39, 0.29) is 0 Å². The van der Waals surface area contributed by atoms with Crippen LogP contribution in [0.25, 0.3) is 10.9 Å². The highest BCUT2D eigenvalue weighted by molar-refractivity contribution is 5.94. The van der Waals surface area contributed by atoms with Crippen LogP contribution >= 0.6 is 0 Å². The minimum Gasteiger partial charge on any atom is -0.436 e. The number of fused-ring (bicyclic) bond motifs is 3. The zero-order chi connectivity index (χ0) is 18.9. The number of rotatable bonds is 2. The Hall–Kier alpha value is -4.17. The Morgan fingerprint density at radius 3 is 2.71 bits per heavy atom. The SMILES string of the molecule is N#Cc1cccc(Nc2ccc3nc4c(cc3c2)C=Nc2ccccc2O4)c1. The van der Waals surface area contributed by atoms with Crippen LogP contribution in [-0.4, -0.2) is 11.2 Å². The lowest BCUT2D eigenvalue weighted by Crippen LogP contribution is -1.95. The average molecular weight is 362 g/mol. The van der Waals surface area contributed by atoms with E-state index in [9.17, 15) is 0 Å². The van der Waals surface area contributed by atoms with Crippen LogP contribution in [0.1, 0.15) is 11.1 Å². The third-order valence-corrected chi connectivity index (χ3v) is 4.50. The van der Waals surface area contributed by atoms with Crippen LogP contribution in [0.2, 0.25) is 0 Å². The summed E-state index contributed by atoms with van der Waals surface area (Å²) in [5.74, 6) is 1.24. The predicted octanol–water partition coefficient (Wildman–Crippen LogP) is 5.71. The number of anilines is 2. The Balaban J connectivity index is 1.53. The van der Waals surface area contributed by atoms with Crippen LogP contribution in [-0.2, 0) is 0 Å². The number of nitrogens with one attached hydrogen (secondary N) is 1. The summed E-state index contributed by atoms with van der Waals surface area (Å²) < 4.78 is 5.98. The van der Waals surface area contributed by atoms with Crippen molar-refractivity contribution in [2.45, 2.75) is 0 Å². The summed E-state index contributed by atoms with van der Waals surface area (Å²) in [6, 6.07) is 25.1. The van der Waals surface area contributed by atoms with E-state index < -0.39 is 0 Å². The van der Waals surface area contributed by atoms with Gasteiger partial charge in [0.1, 0.15) is 5.69 Å². The van der Waals surface area contributed by atoms with Crippen molar-refractivity contribution in [2.75, 3.05) is 5.32 Å². The molecule has 0 fully saturated rings. The van der Waals surface area contributed by atoms with Crippen molar-refractivity contribution in [3.63, 3.8) is 0 Å². The zero-order valence-electron chi connectivity index (χ0n) is 14.8. The molecule has 1 N–H and O–H groups in total. The summed E-state index contributed by atoms with van der Waals surface area (Å²) in [7, 11) is 0. The molecule has 0 atom stereocenters. The van der Waals surface area contributed by atoms with Crippen LogP contribution < -0.4 is 10.1 Å². The molecule has 2 heterocycles.